The van der Waals surface area contributed by atoms with Gasteiger partial charge in [-0.15, -0.1) is 0 Å². The topological polar surface area (TPSA) is 74.8 Å². The van der Waals surface area contributed by atoms with Gasteiger partial charge in [0.25, 0.3) is 0 Å². The van der Waals surface area contributed by atoms with E-state index >= 15 is 0 Å². The zero-order valence-electron chi connectivity index (χ0n) is 25.9. The van der Waals surface area contributed by atoms with E-state index in [1.165, 1.54) is 9.80 Å². The molecule has 4 amide bonds. The number of allylic oxidation sites excluding steroid dienone is 4. The molecule has 0 aromatic heterocycles. The van der Waals surface area contributed by atoms with E-state index in [-0.39, 0.29) is 41.4 Å². The number of fused-ring (bicyclic) bond motifs is 3. The molecule has 6 aliphatic rings. The highest BCUT2D eigenvalue weighted by atomic mass is 16.2. The van der Waals surface area contributed by atoms with Crippen molar-refractivity contribution < 1.29 is 19.2 Å². The molecule has 5 aromatic rings. The molecule has 5 aromatic carbocycles. The van der Waals surface area contributed by atoms with Crippen LogP contribution in [-0.4, -0.2) is 23.6 Å². The van der Waals surface area contributed by atoms with Crippen LogP contribution in [0.3, 0.4) is 0 Å². The highest BCUT2D eigenvalue weighted by molar-refractivity contribution is 6.27. The Kier molecular flexibility index (Phi) is 5.69. The third-order valence-electron chi connectivity index (χ3n) is 11.6. The Morgan fingerprint density at radius 2 is 1.02 bits per heavy atom. The molecule has 6 nitrogen and oxygen atoms in total. The van der Waals surface area contributed by atoms with Crippen molar-refractivity contribution in [2.75, 3.05) is 9.80 Å². The lowest BCUT2D eigenvalue weighted by molar-refractivity contribution is -0.129. The summed E-state index contributed by atoms with van der Waals surface area (Å²) in [6.07, 6.45) is 4.58. The Bertz CT molecular complexity index is 2310. The minimum Gasteiger partial charge on any atom is -0.274 e. The van der Waals surface area contributed by atoms with E-state index < -0.39 is 23.7 Å². The van der Waals surface area contributed by atoms with Crippen LogP contribution >= 0.6 is 0 Å². The third-order valence-corrected chi connectivity index (χ3v) is 11.6. The highest BCUT2D eigenvalue weighted by Gasteiger charge is 2.67. The molecule has 2 saturated heterocycles. The summed E-state index contributed by atoms with van der Waals surface area (Å²) in [5.74, 6) is -4.25. The van der Waals surface area contributed by atoms with Gasteiger partial charge in [-0.3, -0.25) is 19.2 Å². The van der Waals surface area contributed by atoms with Gasteiger partial charge in [0, 0.05) is 22.6 Å². The molecule has 0 radical (unpaired) electrons. The first-order chi connectivity index (χ1) is 23.5. The van der Waals surface area contributed by atoms with E-state index in [2.05, 4.69) is 24.3 Å². The number of amides is 4. The van der Waals surface area contributed by atoms with Gasteiger partial charge in [-0.05, 0) is 46.4 Å². The number of nitrogens with zero attached hydrogens (tertiary/aromatic N) is 2. The Morgan fingerprint density at radius 1 is 0.479 bits per heavy atom. The molecule has 0 N–H and O–H groups in total. The lowest BCUT2D eigenvalue weighted by atomic mass is 9.49. The highest BCUT2D eigenvalue weighted by Crippen LogP contribution is 2.63. The first kappa shape index (κ1) is 27.5. The van der Waals surface area contributed by atoms with Crippen molar-refractivity contribution in [1.82, 2.24) is 0 Å². The van der Waals surface area contributed by atoms with Gasteiger partial charge < -0.3 is 0 Å². The van der Waals surface area contributed by atoms with Crippen LogP contribution < -0.4 is 9.80 Å². The number of imide groups is 2. The number of rotatable bonds is 3. The van der Waals surface area contributed by atoms with Crippen molar-refractivity contribution in [2.45, 2.75) is 6.42 Å². The Morgan fingerprint density at radius 3 is 1.69 bits per heavy atom. The molecule has 232 valence electrons. The largest absolute Gasteiger partial charge is 0.274 e. The van der Waals surface area contributed by atoms with Gasteiger partial charge in [-0.2, -0.15) is 0 Å². The van der Waals surface area contributed by atoms with Gasteiger partial charge in [0.05, 0.1) is 35.0 Å². The van der Waals surface area contributed by atoms with Gasteiger partial charge in [0.1, 0.15) is 0 Å². The molecule has 2 aliphatic heterocycles. The molecule has 6 heteroatoms. The fourth-order valence-electron chi connectivity index (χ4n) is 9.80. The van der Waals surface area contributed by atoms with Crippen LogP contribution in [0.1, 0.15) is 12.0 Å². The van der Waals surface area contributed by atoms with Crippen LogP contribution in [-0.2, 0) is 19.2 Å². The minimum absolute atomic E-state index is 0.188. The maximum Gasteiger partial charge on any atom is 0.238 e. The van der Waals surface area contributed by atoms with Crippen molar-refractivity contribution in [3.63, 3.8) is 0 Å². The number of benzene rings is 5. The molecule has 3 fully saturated rings. The van der Waals surface area contributed by atoms with Crippen LogP contribution in [0.15, 0.2) is 133 Å². The zero-order valence-corrected chi connectivity index (χ0v) is 25.9. The molecule has 1 saturated carbocycles. The van der Waals surface area contributed by atoms with Gasteiger partial charge in [0.15, 0.2) is 0 Å². The fraction of sp³-hybridized carbons (Fsp3) is 0.190. The average Bonchev–Trinajstić information content (AvgIpc) is 3.56. The molecular formula is C42H30N2O4. The second kappa shape index (κ2) is 9.94. The Balaban J connectivity index is 1.14. The lowest BCUT2D eigenvalue weighted by Gasteiger charge is -2.51. The standard InChI is InChI=1S/C42H30N2O4/c45-39-31-22-30(25-10-2-1-3-11-25)34-28-20-21-29(35(34)38(31)42(48)43(39)32-18-8-14-23-12-4-6-16-26(23)32)37-36(28)40(46)44(41(37)47)33-19-9-15-24-13-5-7-17-27(24)33/h1-21,28-29,31,35-38H,22H2/t28-,29-,31-,35-,36-,37+,38+/m1/s1. The van der Waals surface area contributed by atoms with Crippen LogP contribution in [0.2, 0.25) is 0 Å². The van der Waals surface area contributed by atoms with Gasteiger partial charge in [0.2, 0.25) is 23.6 Å². The summed E-state index contributed by atoms with van der Waals surface area (Å²) in [7, 11) is 0. The second-order valence-corrected chi connectivity index (χ2v) is 13.7. The Hall–Kier alpha value is -5.62. The van der Waals surface area contributed by atoms with Gasteiger partial charge >= 0.3 is 0 Å². The number of carbonyl (C=O) groups excluding carboxylic acids is 4. The maximum atomic E-state index is 14.7. The lowest BCUT2D eigenvalue weighted by Crippen LogP contribution is -2.51. The van der Waals surface area contributed by atoms with E-state index in [1.807, 2.05) is 103 Å². The fourth-order valence-corrected chi connectivity index (χ4v) is 9.80. The van der Waals surface area contributed by atoms with Crippen LogP contribution in [0.4, 0.5) is 11.4 Å². The third kappa shape index (κ3) is 3.52. The zero-order chi connectivity index (χ0) is 32.3. The van der Waals surface area contributed by atoms with E-state index in [1.54, 1.807) is 0 Å². The summed E-state index contributed by atoms with van der Waals surface area (Å²) < 4.78 is 0. The van der Waals surface area contributed by atoms with Gasteiger partial charge in [-0.25, -0.2) is 9.80 Å². The molecule has 11 rings (SSSR count). The molecule has 0 spiro atoms. The van der Waals surface area contributed by atoms with E-state index in [9.17, 15) is 19.2 Å². The average molecular weight is 627 g/mol. The van der Waals surface area contributed by atoms with E-state index in [4.69, 9.17) is 0 Å². The molecule has 4 aliphatic carbocycles. The predicted molar refractivity (Wildman–Crippen MR) is 184 cm³/mol. The maximum absolute atomic E-state index is 14.7. The summed E-state index contributed by atoms with van der Waals surface area (Å²) in [6.45, 7) is 0. The molecular weight excluding hydrogens is 596 g/mol. The molecule has 7 atom stereocenters. The monoisotopic (exact) mass is 626 g/mol. The van der Waals surface area contributed by atoms with Crippen molar-refractivity contribution >= 4 is 62.1 Å². The number of carbonyl (C=O) groups is 4. The number of anilines is 2. The first-order valence-corrected chi connectivity index (χ1v) is 16.7. The summed E-state index contributed by atoms with van der Waals surface area (Å²) in [5.41, 5.74) is 4.29. The first-order valence-electron chi connectivity index (χ1n) is 16.7. The molecule has 2 bridgehead atoms. The summed E-state index contributed by atoms with van der Waals surface area (Å²) in [4.78, 5) is 61.2. The van der Waals surface area contributed by atoms with E-state index in [0.717, 1.165) is 38.3 Å². The normalized spacial score (nSPS) is 28.9. The van der Waals surface area contributed by atoms with Crippen LogP contribution in [0, 0.1) is 41.4 Å². The van der Waals surface area contributed by atoms with Crippen molar-refractivity contribution in [3.8, 4) is 0 Å². The summed E-state index contributed by atoms with van der Waals surface area (Å²) >= 11 is 0. The van der Waals surface area contributed by atoms with Crippen LogP contribution in [0.5, 0.6) is 0 Å². The smallest absolute Gasteiger partial charge is 0.238 e. The molecule has 2 heterocycles. The molecule has 0 unspecified atom stereocenters. The quantitative estimate of drug-likeness (QED) is 0.157. The summed E-state index contributed by atoms with van der Waals surface area (Å²) in [5, 5.41) is 3.62. The SMILES string of the molecule is O=C1[C@@H]2[C@H]3C(=C(c4ccccc4)C[C@H]2C(=O)N1c1cccc2ccccc12)[C@H]1C=C[C@H]3[C@@H]2C(=O)N(c3cccc4ccccc34)C(=O)[C@@H]21. The van der Waals surface area contributed by atoms with E-state index in [0.29, 0.717) is 17.8 Å². The van der Waals surface area contributed by atoms with Crippen molar-refractivity contribution in [2.24, 2.45) is 41.4 Å². The molecule has 48 heavy (non-hydrogen) atoms. The second-order valence-electron chi connectivity index (χ2n) is 13.7. The summed E-state index contributed by atoms with van der Waals surface area (Å²) in [6, 6.07) is 37.1. The number of hydrogen-bond acceptors (Lipinski definition) is 4. The minimum atomic E-state index is -0.619. The van der Waals surface area contributed by atoms with Crippen LogP contribution in [0.25, 0.3) is 27.1 Å². The van der Waals surface area contributed by atoms with Crippen molar-refractivity contribution in [1.29, 1.82) is 0 Å². The predicted octanol–water partition coefficient (Wildman–Crippen LogP) is 7.19. The Labute approximate surface area is 277 Å². The van der Waals surface area contributed by atoms with Gasteiger partial charge in [-0.1, -0.05) is 121 Å². The number of hydrogen-bond donors (Lipinski definition) is 0. The van der Waals surface area contributed by atoms with Crippen molar-refractivity contribution in [3.05, 3.63) is 139 Å².